The quantitative estimate of drug-likeness (QED) is 0.148. The van der Waals surface area contributed by atoms with Gasteiger partial charge in [-0.15, -0.1) is 0 Å². The van der Waals surface area contributed by atoms with Crippen LogP contribution in [0.5, 0.6) is 17.2 Å². The molecule has 14 rings (SSSR count). The zero-order chi connectivity index (χ0) is 44.7. The molecule has 0 radical (unpaired) electrons. The number of hydrogen-bond donors (Lipinski definition) is 0. The van der Waals surface area contributed by atoms with E-state index in [1.54, 1.807) is 0 Å². The van der Waals surface area contributed by atoms with Gasteiger partial charge in [-0.1, -0.05) is 133 Å². The SMILES string of the molecule is c1ccc(N(c2ccccc2)c2cc3c4c(c2)-c2ccccc2OB4c2cc4c(cc2O3)N(c2ccccc2)c2cc(N(c3ccccc3)c3ccccc3)cc3c2B4Sc2ccccc2-3)cc1. The lowest BCUT2D eigenvalue weighted by atomic mass is 9.48. The molecule has 0 N–H and O–H groups in total. The molecule has 0 aliphatic carbocycles. The predicted molar refractivity (Wildman–Crippen MR) is 284 cm³/mol. The molecule has 10 aromatic carbocycles. The van der Waals surface area contributed by atoms with Gasteiger partial charge in [0.15, 0.2) is 0 Å². The van der Waals surface area contributed by atoms with Crippen molar-refractivity contribution in [1.82, 2.24) is 0 Å². The van der Waals surface area contributed by atoms with Crippen LogP contribution in [0, 0.1) is 0 Å². The molecular weight excluding hydrogens is 848 g/mol. The first-order valence-corrected chi connectivity index (χ1v) is 24.0. The topological polar surface area (TPSA) is 28.2 Å². The molecule has 0 amide bonds. The molecular formula is C60H39B2N3O2S. The van der Waals surface area contributed by atoms with E-state index in [9.17, 15) is 0 Å². The number of ether oxygens (including phenoxy) is 1. The fraction of sp³-hybridized carbons (Fsp3) is 0. The van der Waals surface area contributed by atoms with Crippen molar-refractivity contribution in [2.24, 2.45) is 0 Å². The summed E-state index contributed by atoms with van der Waals surface area (Å²) in [5, 5.41) is 0. The smallest absolute Gasteiger partial charge is 0.434 e. The highest BCUT2D eigenvalue weighted by atomic mass is 32.2. The van der Waals surface area contributed by atoms with Crippen LogP contribution in [0.15, 0.2) is 241 Å². The average Bonchev–Trinajstić information content (AvgIpc) is 3.40. The summed E-state index contributed by atoms with van der Waals surface area (Å²) in [5.74, 6) is 2.43. The molecule has 4 heterocycles. The molecule has 0 saturated heterocycles. The Balaban J connectivity index is 1.00. The van der Waals surface area contributed by atoms with Crippen LogP contribution >= 0.6 is 11.6 Å². The predicted octanol–water partition coefficient (Wildman–Crippen LogP) is 13.6. The third kappa shape index (κ3) is 6.14. The Hall–Kier alpha value is -8.32. The molecule has 0 aromatic heterocycles. The summed E-state index contributed by atoms with van der Waals surface area (Å²) in [5.41, 5.74) is 18.9. The van der Waals surface area contributed by atoms with Crippen LogP contribution in [0.2, 0.25) is 0 Å². The molecule has 0 bridgehead atoms. The number of rotatable bonds is 7. The van der Waals surface area contributed by atoms with E-state index in [0.717, 1.165) is 90.5 Å². The molecule has 10 aromatic rings. The van der Waals surface area contributed by atoms with Crippen LogP contribution in [0.3, 0.4) is 0 Å². The molecule has 5 nitrogen and oxygen atoms in total. The maximum absolute atomic E-state index is 7.33. The van der Waals surface area contributed by atoms with E-state index in [0.29, 0.717) is 0 Å². The standard InChI is InChI=1S/C60H39B2N3O2S/c1-6-20-40(21-7-1)63(41-22-8-2-9-23-41)45-34-50-48-31-17-19-33-58(48)68-62-51-38-52-56(39-53(51)65(54(36-45)59(50)62)44-28-14-5-15-29-44)66-57-37-46(35-49-47-30-16-18-32-55(47)67-61(52)60(49)57)64(42-24-10-3-11-25-42)43-26-12-4-13-27-43/h1-39H. The van der Waals surface area contributed by atoms with Crippen LogP contribution < -0.4 is 45.9 Å². The fourth-order valence-corrected chi connectivity index (χ4v) is 12.2. The van der Waals surface area contributed by atoms with Crippen molar-refractivity contribution >= 4 is 97.6 Å². The van der Waals surface area contributed by atoms with Crippen molar-refractivity contribution in [2.45, 2.75) is 4.90 Å². The molecule has 0 fully saturated rings. The second kappa shape index (κ2) is 15.7. The van der Waals surface area contributed by atoms with Crippen LogP contribution in [-0.2, 0) is 0 Å². The van der Waals surface area contributed by atoms with E-state index < -0.39 is 0 Å². The molecule has 0 spiro atoms. The lowest BCUT2D eigenvalue weighted by Gasteiger charge is -2.42. The summed E-state index contributed by atoms with van der Waals surface area (Å²) in [4.78, 5) is 8.41. The van der Waals surface area contributed by atoms with E-state index in [-0.39, 0.29) is 12.9 Å². The number of fused-ring (bicyclic) bond motifs is 8. The van der Waals surface area contributed by atoms with Crippen molar-refractivity contribution < 1.29 is 9.39 Å². The third-order valence-corrected chi connectivity index (χ3v) is 15.0. The van der Waals surface area contributed by atoms with Crippen LogP contribution in [0.25, 0.3) is 22.3 Å². The number of anilines is 9. The number of para-hydroxylation sites is 6. The van der Waals surface area contributed by atoms with E-state index in [1.807, 2.05) is 11.6 Å². The van der Waals surface area contributed by atoms with E-state index >= 15 is 0 Å². The van der Waals surface area contributed by atoms with E-state index in [4.69, 9.17) is 9.39 Å². The van der Waals surface area contributed by atoms with Gasteiger partial charge < -0.3 is 24.1 Å². The molecule has 68 heavy (non-hydrogen) atoms. The second-order valence-electron chi connectivity index (χ2n) is 17.6. The zero-order valence-electron chi connectivity index (χ0n) is 36.7. The van der Waals surface area contributed by atoms with Gasteiger partial charge in [-0.05, 0) is 119 Å². The fourth-order valence-electron chi connectivity index (χ4n) is 10.8. The minimum atomic E-state index is -0.389. The molecule has 4 aliphatic heterocycles. The lowest BCUT2D eigenvalue weighted by Crippen LogP contribution is -2.57. The minimum absolute atomic E-state index is 0.00413. The van der Waals surface area contributed by atoms with Gasteiger partial charge in [0.05, 0.1) is 5.69 Å². The third-order valence-electron chi connectivity index (χ3n) is 13.7. The van der Waals surface area contributed by atoms with E-state index in [1.165, 1.54) is 26.9 Å². The van der Waals surface area contributed by atoms with Gasteiger partial charge in [-0.2, -0.15) is 11.6 Å². The number of hydrogen-bond acceptors (Lipinski definition) is 6. The molecule has 8 heteroatoms. The van der Waals surface area contributed by atoms with Gasteiger partial charge in [-0.3, -0.25) is 0 Å². The summed E-state index contributed by atoms with van der Waals surface area (Å²) >= 11 is 1.94. The Kier molecular flexibility index (Phi) is 8.95. The Morgan fingerprint density at radius 3 is 1.50 bits per heavy atom. The number of benzene rings is 10. The van der Waals surface area contributed by atoms with Crippen LogP contribution in [0.4, 0.5) is 51.2 Å². The van der Waals surface area contributed by atoms with Gasteiger partial charge in [0.1, 0.15) is 17.2 Å². The summed E-state index contributed by atoms with van der Waals surface area (Å²) in [6.45, 7) is -0.389. The zero-order valence-corrected chi connectivity index (χ0v) is 37.6. The van der Waals surface area contributed by atoms with Gasteiger partial charge in [0, 0.05) is 79.0 Å². The molecule has 318 valence electrons. The first-order chi connectivity index (χ1) is 33.7. The highest BCUT2D eigenvalue weighted by molar-refractivity contribution is 8.28. The first kappa shape index (κ1) is 38.9. The summed E-state index contributed by atoms with van der Waals surface area (Å²) in [6.07, 6.45) is 0. The highest BCUT2D eigenvalue weighted by Gasteiger charge is 2.46. The van der Waals surface area contributed by atoms with Crippen molar-refractivity contribution in [1.29, 1.82) is 0 Å². The maximum Gasteiger partial charge on any atom is 0.434 e. The van der Waals surface area contributed by atoms with Gasteiger partial charge in [-0.25, -0.2) is 0 Å². The normalized spacial score (nSPS) is 13.1. The van der Waals surface area contributed by atoms with Crippen molar-refractivity contribution in [3.8, 4) is 39.5 Å². The number of nitrogens with zero attached hydrogens (tertiary/aromatic N) is 3. The van der Waals surface area contributed by atoms with Crippen molar-refractivity contribution in [3.63, 3.8) is 0 Å². The first-order valence-electron chi connectivity index (χ1n) is 23.1. The molecule has 0 unspecified atom stereocenters. The average molecular weight is 888 g/mol. The summed E-state index contributed by atoms with van der Waals surface area (Å²) < 4.78 is 14.5. The Labute approximate surface area is 400 Å². The van der Waals surface area contributed by atoms with Gasteiger partial charge in [0.25, 0.3) is 5.99 Å². The van der Waals surface area contributed by atoms with Crippen molar-refractivity contribution in [2.75, 3.05) is 14.7 Å². The summed E-state index contributed by atoms with van der Waals surface area (Å²) in [7, 11) is 0. The molecule has 0 saturated carbocycles. The van der Waals surface area contributed by atoms with Crippen LogP contribution in [0.1, 0.15) is 0 Å². The van der Waals surface area contributed by atoms with Crippen LogP contribution in [-0.4, -0.2) is 12.9 Å². The van der Waals surface area contributed by atoms with Crippen molar-refractivity contribution in [3.05, 3.63) is 237 Å². The minimum Gasteiger partial charge on any atom is -0.551 e. The largest absolute Gasteiger partial charge is 0.551 e. The Bertz CT molecular complexity index is 3500. The van der Waals surface area contributed by atoms with E-state index in [2.05, 4.69) is 251 Å². The molecule has 0 atom stereocenters. The Morgan fingerprint density at radius 1 is 0.368 bits per heavy atom. The highest BCUT2D eigenvalue weighted by Crippen LogP contribution is 2.51. The van der Waals surface area contributed by atoms with Gasteiger partial charge >= 0.3 is 6.92 Å². The lowest BCUT2D eigenvalue weighted by molar-refractivity contribution is 0.480. The molecule has 4 aliphatic rings. The summed E-state index contributed by atoms with van der Waals surface area (Å²) in [6, 6.07) is 84.7. The Morgan fingerprint density at radius 2 is 0.882 bits per heavy atom. The second-order valence-corrected chi connectivity index (χ2v) is 18.7. The van der Waals surface area contributed by atoms with Gasteiger partial charge in [0.2, 0.25) is 0 Å². The maximum atomic E-state index is 7.33. The monoisotopic (exact) mass is 887 g/mol.